The van der Waals surface area contributed by atoms with Crippen LogP contribution in [0, 0.1) is 0 Å². The molecule has 1 aromatic heterocycles. The van der Waals surface area contributed by atoms with Crippen molar-refractivity contribution in [1.29, 1.82) is 0 Å². The predicted octanol–water partition coefficient (Wildman–Crippen LogP) is 3.05. The molecular weight excluding hydrogens is 288 g/mol. The summed E-state index contributed by atoms with van der Waals surface area (Å²) in [6.45, 7) is -0.0707. The number of carbonyl (C=O) groups is 1. The van der Waals surface area contributed by atoms with Gasteiger partial charge in [0, 0.05) is 11.3 Å². The van der Waals surface area contributed by atoms with Gasteiger partial charge in [0.05, 0.1) is 12.8 Å². The average molecular weight is 304 g/mol. The number of nitrogens with zero attached hydrogens (tertiary/aromatic N) is 1. The lowest BCUT2D eigenvalue weighted by Crippen LogP contribution is -2.20. The highest BCUT2D eigenvalue weighted by atomic mass is 32.1. The molecule has 5 nitrogen and oxygen atoms in total. The van der Waals surface area contributed by atoms with Gasteiger partial charge in [0.2, 0.25) is 0 Å². The molecule has 3 rings (SSSR count). The van der Waals surface area contributed by atoms with E-state index in [4.69, 9.17) is 9.47 Å². The summed E-state index contributed by atoms with van der Waals surface area (Å²) in [5, 5.41) is 5.39. The second-order valence-corrected chi connectivity index (χ2v) is 5.70. The van der Waals surface area contributed by atoms with Crippen molar-refractivity contribution in [3.8, 4) is 11.5 Å². The van der Waals surface area contributed by atoms with Gasteiger partial charge in [-0.05, 0) is 25.0 Å². The molecule has 0 atom stereocenters. The number of benzene rings is 1. The van der Waals surface area contributed by atoms with Crippen molar-refractivity contribution in [3.63, 3.8) is 0 Å². The van der Waals surface area contributed by atoms with Crippen LogP contribution in [-0.4, -0.2) is 24.6 Å². The molecule has 0 saturated heterocycles. The van der Waals surface area contributed by atoms with E-state index in [-0.39, 0.29) is 12.5 Å². The first-order valence-electron chi connectivity index (χ1n) is 6.77. The number of carbonyl (C=O) groups excluding carboxylic acids is 1. The first-order valence-corrected chi connectivity index (χ1v) is 7.65. The predicted molar refractivity (Wildman–Crippen MR) is 81.2 cm³/mol. The third-order valence-corrected chi connectivity index (χ3v) is 3.97. The summed E-state index contributed by atoms with van der Waals surface area (Å²) in [5.41, 5.74) is 1.08. The fraction of sp³-hybridized carbons (Fsp3) is 0.333. The second-order valence-electron chi connectivity index (χ2n) is 4.84. The van der Waals surface area contributed by atoms with Gasteiger partial charge in [0.25, 0.3) is 5.91 Å². The maximum Gasteiger partial charge on any atom is 0.264 e. The van der Waals surface area contributed by atoms with Crippen LogP contribution in [0.3, 0.4) is 0 Å². The van der Waals surface area contributed by atoms with E-state index in [2.05, 4.69) is 10.3 Å². The molecule has 0 spiro atoms. The molecule has 1 aliphatic rings. The van der Waals surface area contributed by atoms with Crippen LogP contribution in [0.4, 0.5) is 5.13 Å². The lowest BCUT2D eigenvalue weighted by atomic mass is 10.3. The molecule has 1 aliphatic carbocycles. The van der Waals surface area contributed by atoms with E-state index >= 15 is 0 Å². The van der Waals surface area contributed by atoms with Gasteiger partial charge in [0.1, 0.15) is 0 Å². The third kappa shape index (κ3) is 3.52. The minimum Gasteiger partial charge on any atom is -0.493 e. The molecule has 0 aliphatic heterocycles. The maximum absolute atomic E-state index is 11.9. The largest absolute Gasteiger partial charge is 0.493 e. The number of methoxy groups -OCH3 is 1. The fourth-order valence-electron chi connectivity index (χ4n) is 1.95. The Morgan fingerprint density at radius 3 is 2.86 bits per heavy atom. The smallest absolute Gasteiger partial charge is 0.264 e. The summed E-state index contributed by atoms with van der Waals surface area (Å²) in [6, 6.07) is 7.23. The third-order valence-electron chi connectivity index (χ3n) is 3.19. The van der Waals surface area contributed by atoms with Crippen LogP contribution in [0.2, 0.25) is 0 Å². The van der Waals surface area contributed by atoms with Crippen molar-refractivity contribution >= 4 is 22.4 Å². The van der Waals surface area contributed by atoms with Crippen LogP contribution in [-0.2, 0) is 4.79 Å². The van der Waals surface area contributed by atoms with Crippen molar-refractivity contribution in [2.45, 2.75) is 18.8 Å². The molecule has 21 heavy (non-hydrogen) atoms. The fourth-order valence-corrected chi connectivity index (χ4v) is 2.76. The van der Waals surface area contributed by atoms with Crippen molar-refractivity contribution in [3.05, 3.63) is 35.3 Å². The van der Waals surface area contributed by atoms with E-state index in [1.165, 1.54) is 24.2 Å². The molecule has 6 heteroatoms. The highest BCUT2D eigenvalue weighted by Gasteiger charge is 2.26. The standard InChI is InChI=1S/C15H16N2O3S/c1-19-12-4-2-3-5-13(12)20-8-14(18)17-15-16-11(9-21-15)10-6-7-10/h2-5,9-10H,6-8H2,1H3,(H,16,17,18). The molecule has 2 aromatic rings. The summed E-state index contributed by atoms with van der Waals surface area (Å²) < 4.78 is 10.6. The Kier molecular flexibility index (Phi) is 4.06. The first kappa shape index (κ1) is 13.9. The van der Waals surface area contributed by atoms with Gasteiger partial charge >= 0.3 is 0 Å². The number of anilines is 1. The summed E-state index contributed by atoms with van der Waals surface area (Å²) in [7, 11) is 1.57. The van der Waals surface area contributed by atoms with E-state index in [9.17, 15) is 4.79 Å². The number of aromatic nitrogens is 1. The maximum atomic E-state index is 11.9. The minimum absolute atomic E-state index is 0.0707. The Labute approximate surface area is 126 Å². The summed E-state index contributed by atoms with van der Waals surface area (Å²) in [4.78, 5) is 16.3. The molecule has 1 amide bonds. The van der Waals surface area contributed by atoms with Gasteiger partial charge in [-0.2, -0.15) is 0 Å². The zero-order chi connectivity index (χ0) is 14.7. The van der Waals surface area contributed by atoms with Crippen LogP contribution in [0.25, 0.3) is 0 Å². The van der Waals surface area contributed by atoms with Crippen LogP contribution in [0.15, 0.2) is 29.6 Å². The van der Waals surface area contributed by atoms with Gasteiger partial charge < -0.3 is 9.47 Å². The Morgan fingerprint density at radius 1 is 1.38 bits per heavy atom. The molecule has 0 radical (unpaired) electrons. The van der Waals surface area contributed by atoms with Crippen molar-refractivity contribution in [2.24, 2.45) is 0 Å². The lowest BCUT2D eigenvalue weighted by molar-refractivity contribution is -0.118. The van der Waals surface area contributed by atoms with Gasteiger partial charge in [-0.1, -0.05) is 12.1 Å². The second kappa shape index (κ2) is 6.13. The normalized spacial score (nSPS) is 13.8. The van der Waals surface area contributed by atoms with Crippen molar-refractivity contribution < 1.29 is 14.3 Å². The van der Waals surface area contributed by atoms with E-state index < -0.39 is 0 Å². The highest BCUT2D eigenvalue weighted by Crippen LogP contribution is 2.40. The number of nitrogens with one attached hydrogen (secondary N) is 1. The number of para-hydroxylation sites is 2. The van der Waals surface area contributed by atoms with Crippen molar-refractivity contribution in [2.75, 3.05) is 19.0 Å². The Balaban J connectivity index is 1.53. The van der Waals surface area contributed by atoms with Gasteiger partial charge in [-0.25, -0.2) is 4.98 Å². The molecule has 1 N–H and O–H groups in total. The molecule has 1 fully saturated rings. The van der Waals surface area contributed by atoms with Gasteiger partial charge in [0.15, 0.2) is 23.2 Å². The van der Waals surface area contributed by atoms with Gasteiger partial charge in [-0.15, -0.1) is 11.3 Å². The number of thiazole rings is 1. The SMILES string of the molecule is COc1ccccc1OCC(=O)Nc1nc(C2CC2)cs1. The minimum atomic E-state index is -0.224. The summed E-state index contributed by atoms with van der Waals surface area (Å²) >= 11 is 1.45. The Bertz CT molecular complexity index is 637. The van der Waals surface area contributed by atoms with Crippen LogP contribution in [0.1, 0.15) is 24.5 Å². The monoisotopic (exact) mass is 304 g/mol. The topological polar surface area (TPSA) is 60.5 Å². The first-order chi connectivity index (χ1) is 10.3. The number of hydrogen-bond acceptors (Lipinski definition) is 5. The Hall–Kier alpha value is -2.08. The molecule has 0 bridgehead atoms. The highest BCUT2D eigenvalue weighted by molar-refractivity contribution is 7.13. The van der Waals surface area contributed by atoms with Crippen LogP contribution in [0.5, 0.6) is 11.5 Å². The zero-order valence-electron chi connectivity index (χ0n) is 11.7. The Morgan fingerprint density at radius 2 is 2.14 bits per heavy atom. The molecule has 0 unspecified atom stereocenters. The van der Waals surface area contributed by atoms with Crippen LogP contribution >= 0.6 is 11.3 Å². The number of hydrogen-bond donors (Lipinski definition) is 1. The molecule has 1 aromatic carbocycles. The average Bonchev–Trinajstić information content (AvgIpc) is 3.26. The lowest BCUT2D eigenvalue weighted by Gasteiger charge is -2.09. The number of rotatable bonds is 6. The molecule has 1 heterocycles. The summed E-state index contributed by atoms with van der Waals surface area (Å²) in [5.74, 6) is 1.53. The molecule has 110 valence electrons. The number of ether oxygens (including phenoxy) is 2. The van der Waals surface area contributed by atoms with Gasteiger partial charge in [-0.3, -0.25) is 10.1 Å². The van der Waals surface area contributed by atoms with E-state index in [1.54, 1.807) is 19.2 Å². The van der Waals surface area contributed by atoms with E-state index in [1.807, 2.05) is 17.5 Å². The molecular formula is C15H16N2O3S. The van der Waals surface area contributed by atoms with E-state index in [0.717, 1.165) is 5.69 Å². The number of amides is 1. The molecule has 1 saturated carbocycles. The van der Waals surface area contributed by atoms with Crippen molar-refractivity contribution in [1.82, 2.24) is 4.98 Å². The van der Waals surface area contributed by atoms with Crippen LogP contribution < -0.4 is 14.8 Å². The summed E-state index contributed by atoms with van der Waals surface area (Å²) in [6.07, 6.45) is 2.40. The quantitative estimate of drug-likeness (QED) is 0.891. The van der Waals surface area contributed by atoms with E-state index in [0.29, 0.717) is 22.5 Å². The zero-order valence-corrected chi connectivity index (χ0v) is 12.5.